The van der Waals surface area contributed by atoms with Gasteiger partial charge in [-0.05, 0) is 13.0 Å². The molecule has 0 amide bonds. The van der Waals surface area contributed by atoms with E-state index in [1.165, 1.54) is 10.6 Å². The molecule has 0 unspecified atom stereocenters. The first-order valence-corrected chi connectivity index (χ1v) is 5.94. The Morgan fingerprint density at radius 3 is 2.80 bits per heavy atom. The van der Waals surface area contributed by atoms with Gasteiger partial charge in [0.15, 0.2) is 5.82 Å². The van der Waals surface area contributed by atoms with Crippen LogP contribution in [0.5, 0.6) is 0 Å². The Labute approximate surface area is 113 Å². The van der Waals surface area contributed by atoms with Crippen molar-refractivity contribution in [2.24, 2.45) is 0 Å². The van der Waals surface area contributed by atoms with E-state index >= 15 is 0 Å². The first-order chi connectivity index (χ1) is 9.54. The van der Waals surface area contributed by atoms with Crippen LogP contribution < -0.4 is 5.73 Å². The SMILES string of the molecule is Cc1nccc(Cn2c(N)nc3c(F)cc(F)cc32)n1. The van der Waals surface area contributed by atoms with Crippen LogP contribution in [-0.4, -0.2) is 19.5 Å². The zero-order valence-corrected chi connectivity index (χ0v) is 10.6. The van der Waals surface area contributed by atoms with Gasteiger partial charge in [0.2, 0.25) is 5.95 Å². The maximum atomic E-state index is 13.6. The number of aryl methyl sites for hydroxylation is 1. The van der Waals surface area contributed by atoms with Gasteiger partial charge >= 0.3 is 0 Å². The van der Waals surface area contributed by atoms with Crippen molar-refractivity contribution in [3.63, 3.8) is 0 Å². The van der Waals surface area contributed by atoms with Crippen LogP contribution in [0.25, 0.3) is 11.0 Å². The first-order valence-electron chi connectivity index (χ1n) is 5.94. The molecule has 0 aliphatic heterocycles. The molecule has 0 fully saturated rings. The van der Waals surface area contributed by atoms with E-state index in [1.807, 2.05) is 0 Å². The third-order valence-corrected chi connectivity index (χ3v) is 2.96. The number of hydrogen-bond acceptors (Lipinski definition) is 4. The lowest BCUT2D eigenvalue weighted by molar-refractivity contribution is 0.590. The van der Waals surface area contributed by atoms with Gasteiger partial charge in [-0.3, -0.25) is 0 Å². The number of imidazole rings is 1. The molecule has 3 rings (SSSR count). The van der Waals surface area contributed by atoms with E-state index in [9.17, 15) is 8.78 Å². The Morgan fingerprint density at radius 1 is 1.25 bits per heavy atom. The molecule has 0 aliphatic carbocycles. The van der Waals surface area contributed by atoms with Gasteiger partial charge in [-0.15, -0.1) is 0 Å². The van der Waals surface area contributed by atoms with Crippen LogP contribution >= 0.6 is 0 Å². The fourth-order valence-electron chi connectivity index (χ4n) is 2.09. The van der Waals surface area contributed by atoms with Gasteiger partial charge in [0, 0.05) is 18.3 Å². The molecule has 0 saturated carbocycles. The van der Waals surface area contributed by atoms with Crippen LogP contribution in [-0.2, 0) is 6.54 Å². The molecule has 2 N–H and O–H groups in total. The highest BCUT2D eigenvalue weighted by molar-refractivity contribution is 5.79. The fourth-order valence-corrected chi connectivity index (χ4v) is 2.09. The molecule has 0 saturated heterocycles. The Balaban J connectivity index is 2.14. The zero-order valence-electron chi connectivity index (χ0n) is 10.6. The summed E-state index contributed by atoms with van der Waals surface area (Å²) in [4.78, 5) is 12.2. The highest BCUT2D eigenvalue weighted by Crippen LogP contribution is 2.22. The summed E-state index contributed by atoms with van der Waals surface area (Å²) < 4.78 is 28.5. The minimum absolute atomic E-state index is 0.0506. The standard InChI is InChI=1S/C13H11F2N5/c1-7-17-3-2-9(18-7)6-20-11-5-8(14)4-10(15)12(11)19-13(20)16/h2-5H,6H2,1H3,(H2,16,19). The Bertz CT molecular complexity index is 797. The predicted molar refractivity (Wildman–Crippen MR) is 69.9 cm³/mol. The number of nitrogens with two attached hydrogens (primary N) is 1. The van der Waals surface area contributed by atoms with Crippen LogP contribution in [0, 0.1) is 18.6 Å². The van der Waals surface area contributed by atoms with Crippen molar-refractivity contribution in [3.8, 4) is 0 Å². The molecule has 0 spiro atoms. The lowest BCUT2D eigenvalue weighted by Crippen LogP contribution is -2.07. The summed E-state index contributed by atoms with van der Waals surface area (Å²) >= 11 is 0. The molecule has 0 radical (unpaired) electrons. The Hall–Kier alpha value is -2.57. The van der Waals surface area contributed by atoms with Crippen molar-refractivity contribution < 1.29 is 8.78 Å². The zero-order chi connectivity index (χ0) is 14.3. The number of aromatic nitrogens is 4. The molecule has 2 aromatic heterocycles. The molecule has 102 valence electrons. The average molecular weight is 275 g/mol. The molecular weight excluding hydrogens is 264 g/mol. The van der Waals surface area contributed by atoms with Gasteiger partial charge < -0.3 is 10.3 Å². The summed E-state index contributed by atoms with van der Waals surface area (Å²) in [5.41, 5.74) is 6.82. The minimum Gasteiger partial charge on any atom is -0.369 e. The maximum Gasteiger partial charge on any atom is 0.201 e. The third-order valence-electron chi connectivity index (χ3n) is 2.96. The highest BCUT2D eigenvalue weighted by Gasteiger charge is 2.14. The quantitative estimate of drug-likeness (QED) is 0.777. The molecule has 5 nitrogen and oxygen atoms in total. The van der Waals surface area contributed by atoms with Crippen LogP contribution in [0.3, 0.4) is 0 Å². The van der Waals surface area contributed by atoms with E-state index in [2.05, 4.69) is 15.0 Å². The second-order valence-corrected chi connectivity index (χ2v) is 4.41. The molecule has 0 atom stereocenters. The predicted octanol–water partition coefficient (Wildman–Crippen LogP) is 2.04. The molecule has 20 heavy (non-hydrogen) atoms. The number of fused-ring (bicyclic) bond motifs is 1. The second kappa shape index (κ2) is 4.52. The van der Waals surface area contributed by atoms with E-state index < -0.39 is 11.6 Å². The summed E-state index contributed by atoms with van der Waals surface area (Å²) in [6.45, 7) is 2.03. The number of halogens is 2. The first kappa shape index (κ1) is 12.5. The van der Waals surface area contributed by atoms with E-state index in [0.29, 0.717) is 17.0 Å². The van der Waals surface area contributed by atoms with Crippen LogP contribution in [0.2, 0.25) is 0 Å². The third kappa shape index (κ3) is 2.07. The van der Waals surface area contributed by atoms with E-state index in [0.717, 1.165) is 6.07 Å². The molecular formula is C13H11F2N5. The Kier molecular flexibility index (Phi) is 2.81. The fraction of sp³-hybridized carbons (Fsp3) is 0.154. The van der Waals surface area contributed by atoms with Crippen molar-refractivity contribution in [1.82, 2.24) is 19.5 Å². The molecule has 0 bridgehead atoms. The van der Waals surface area contributed by atoms with Crippen molar-refractivity contribution >= 4 is 17.0 Å². The normalized spacial score (nSPS) is 11.2. The van der Waals surface area contributed by atoms with Crippen LogP contribution in [0.4, 0.5) is 14.7 Å². The number of nitrogen functional groups attached to an aromatic ring is 1. The molecule has 0 aliphatic rings. The highest BCUT2D eigenvalue weighted by atomic mass is 19.1. The van der Waals surface area contributed by atoms with Gasteiger partial charge in [0.25, 0.3) is 0 Å². The van der Waals surface area contributed by atoms with Crippen molar-refractivity contribution in [1.29, 1.82) is 0 Å². The summed E-state index contributed by atoms with van der Waals surface area (Å²) in [6.07, 6.45) is 1.62. The van der Waals surface area contributed by atoms with Crippen LogP contribution in [0.15, 0.2) is 24.4 Å². The Morgan fingerprint density at radius 2 is 2.05 bits per heavy atom. The number of benzene rings is 1. The summed E-state index contributed by atoms with van der Waals surface area (Å²) in [7, 11) is 0. The topological polar surface area (TPSA) is 69.6 Å². The number of hydrogen-bond donors (Lipinski definition) is 1. The minimum atomic E-state index is -0.732. The number of nitrogens with zero attached hydrogens (tertiary/aromatic N) is 4. The van der Waals surface area contributed by atoms with Crippen molar-refractivity contribution in [2.45, 2.75) is 13.5 Å². The molecule has 1 aromatic carbocycles. The number of rotatable bonds is 2. The molecule has 7 heteroatoms. The summed E-state index contributed by atoms with van der Waals surface area (Å²) in [6, 6.07) is 3.71. The van der Waals surface area contributed by atoms with Crippen molar-refractivity contribution in [3.05, 3.63) is 47.5 Å². The largest absolute Gasteiger partial charge is 0.369 e. The smallest absolute Gasteiger partial charge is 0.201 e. The van der Waals surface area contributed by atoms with Gasteiger partial charge in [0.1, 0.15) is 17.2 Å². The van der Waals surface area contributed by atoms with E-state index in [1.54, 1.807) is 19.2 Å². The lowest BCUT2D eigenvalue weighted by atomic mass is 10.3. The summed E-state index contributed by atoms with van der Waals surface area (Å²) in [5.74, 6) is -0.678. The average Bonchev–Trinajstić information content (AvgIpc) is 2.68. The van der Waals surface area contributed by atoms with E-state index in [4.69, 9.17) is 5.73 Å². The van der Waals surface area contributed by atoms with Gasteiger partial charge in [-0.2, -0.15) is 0 Å². The second-order valence-electron chi connectivity index (χ2n) is 4.41. The van der Waals surface area contributed by atoms with Gasteiger partial charge in [0.05, 0.1) is 17.8 Å². The molecule has 2 heterocycles. The number of anilines is 1. The summed E-state index contributed by atoms with van der Waals surface area (Å²) in [5, 5.41) is 0. The monoisotopic (exact) mass is 275 g/mol. The van der Waals surface area contributed by atoms with Gasteiger partial charge in [-0.25, -0.2) is 23.7 Å². The maximum absolute atomic E-state index is 13.6. The van der Waals surface area contributed by atoms with E-state index in [-0.39, 0.29) is 18.0 Å². The lowest BCUT2D eigenvalue weighted by Gasteiger charge is -2.06. The van der Waals surface area contributed by atoms with Gasteiger partial charge in [-0.1, -0.05) is 0 Å². The van der Waals surface area contributed by atoms with Crippen LogP contribution in [0.1, 0.15) is 11.5 Å². The van der Waals surface area contributed by atoms with Crippen molar-refractivity contribution in [2.75, 3.05) is 5.73 Å². The molecule has 3 aromatic rings.